The molecule has 0 unspecified atom stereocenters. The number of para-hydroxylation sites is 1. The second-order valence-electron chi connectivity index (χ2n) is 6.45. The summed E-state index contributed by atoms with van der Waals surface area (Å²) in [6, 6.07) is 11.2. The molecule has 2 aromatic heterocycles. The first-order valence-electron chi connectivity index (χ1n) is 8.68. The lowest BCUT2D eigenvalue weighted by Crippen LogP contribution is -2.22. The number of aryl methyl sites for hydroxylation is 1. The maximum atomic E-state index is 12.2. The van der Waals surface area contributed by atoms with Crippen LogP contribution in [-0.2, 0) is 13.2 Å². The number of nitrogens with one attached hydrogen (secondary N) is 1. The zero-order valence-electron chi connectivity index (χ0n) is 14.5. The number of carbonyl (C=O) groups is 1. The van der Waals surface area contributed by atoms with Gasteiger partial charge in [0.2, 0.25) is 0 Å². The highest BCUT2D eigenvalue weighted by molar-refractivity contribution is 7.09. The van der Waals surface area contributed by atoms with E-state index < -0.39 is 0 Å². The van der Waals surface area contributed by atoms with Crippen molar-refractivity contribution in [2.75, 3.05) is 0 Å². The molecule has 0 bridgehead atoms. The summed E-state index contributed by atoms with van der Waals surface area (Å²) < 4.78 is 11.3. The van der Waals surface area contributed by atoms with Gasteiger partial charge in [0.25, 0.3) is 5.91 Å². The fraction of sp³-hybridized carbons (Fsp3) is 0.300. The molecule has 1 fully saturated rings. The number of furan rings is 1. The van der Waals surface area contributed by atoms with Gasteiger partial charge in [-0.3, -0.25) is 4.79 Å². The molecule has 134 valence electrons. The zero-order valence-corrected chi connectivity index (χ0v) is 15.3. The molecule has 3 aromatic rings. The van der Waals surface area contributed by atoms with E-state index in [1.165, 1.54) is 17.8 Å². The van der Waals surface area contributed by atoms with Gasteiger partial charge in [-0.05, 0) is 43.5 Å². The summed E-state index contributed by atoms with van der Waals surface area (Å²) in [5.74, 6) is 2.11. The van der Waals surface area contributed by atoms with Crippen molar-refractivity contribution in [1.82, 2.24) is 10.3 Å². The molecule has 1 amide bonds. The summed E-state index contributed by atoms with van der Waals surface area (Å²) in [7, 11) is 0. The SMILES string of the molecule is Cc1ccccc1OCc1ccc(C(=O)NCc2csc(C3CC3)n2)o1. The third kappa shape index (κ3) is 3.96. The smallest absolute Gasteiger partial charge is 0.287 e. The Morgan fingerprint density at radius 3 is 2.96 bits per heavy atom. The molecule has 0 atom stereocenters. The second kappa shape index (κ2) is 7.33. The minimum atomic E-state index is -0.242. The van der Waals surface area contributed by atoms with Crippen LogP contribution in [0.5, 0.6) is 5.75 Å². The summed E-state index contributed by atoms with van der Waals surface area (Å²) in [6.45, 7) is 2.69. The van der Waals surface area contributed by atoms with Crippen molar-refractivity contribution in [3.63, 3.8) is 0 Å². The normalized spacial score (nSPS) is 13.6. The van der Waals surface area contributed by atoms with Crippen LogP contribution in [0.1, 0.15) is 51.3 Å². The van der Waals surface area contributed by atoms with E-state index in [1.54, 1.807) is 23.5 Å². The third-order valence-corrected chi connectivity index (χ3v) is 5.33. The highest BCUT2D eigenvalue weighted by Crippen LogP contribution is 2.41. The highest BCUT2D eigenvalue weighted by atomic mass is 32.1. The molecule has 6 heteroatoms. The highest BCUT2D eigenvalue weighted by Gasteiger charge is 2.26. The van der Waals surface area contributed by atoms with Gasteiger partial charge in [-0.2, -0.15) is 0 Å². The molecule has 2 heterocycles. The van der Waals surface area contributed by atoms with Crippen LogP contribution < -0.4 is 10.1 Å². The molecule has 1 N–H and O–H groups in total. The van der Waals surface area contributed by atoms with Crippen LogP contribution in [-0.4, -0.2) is 10.9 Å². The Morgan fingerprint density at radius 2 is 2.15 bits per heavy atom. The van der Waals surface area contributed by atoms with Crippen LogP contribution in [0.2, 0.25) is 0 Å². The molecular weight excluding hydrogens is 348 g/mol. The van der Waals surface area contributed by atoms with E-state index in [4.69, 9.17) is 9.15 Å². The lowest BCUT2D eigenvalue weighted by Gasteiger charge is -2.06. The van der Waals surface area contributed by atoms with Crippen molar-refractivity contribution in [3.05, 3.63) is 69.6 Å². The molecule has 0 radical (unpaired) electrons. The number of thiazole rings is 1. The Morgan fingerprint density at radius 1 is 1.31 bits per heavy atom. The first-order valence-corrected chi connectivity index (χ1v) is 9.56. The number of hydrogen-bond donors (Lipinski definition) is 1. The predicted molar refractivity (Wildman–Crippen MR) is 99.5 cm³/mol. The van der Waals surface area contributed by atoms with E-state index in [9.17, 15) is 4.79 Å². The number of carbonyl (C=O) groups excluding carboxylic acids is 1. The molecule has 0 saturated heterocycles. The van der Waals surface area contributed by atoms with Crippen molar-refractivity contribution in [1.29, 1.82) is 0 Å². The van der Waals surface area contributed by atoms with Crippen LogP contribution in [0.15, 0.2) is 46.2 Å². The summed E-state index contributed by atoms with van der Waals surface area (Å²) >= 11 is 1.67. The number of amides is 1. The first-order chi connectivity index (χ1) is 12.7. The van der Waals surface area contributed by atoms with E-state index >= 15 is 0 Å². The van der Waals surface area contributed by atoms with Crippen molar-refractivity contribution in [2.45, 2.75) is 38.8 Å². The Hall–Kier alpha value is -2.60. The van der Waals surface area contributed by atoms with Gasteiger partial charge >= 0.3 is 0 Å². The fourth-order valence-corrected chi connectivity index (χ4v) is 3.62. The lowest BCUT2D eigenvalue weighted by atomic mass is 10.2. The number of rotatable bonds is 7. The minimum Gasteiger partial charge on any atom is -0.485 e. The Balaban J connectivity index is 1.30. The molecule has 0 aliphatic heterocycles. The molecule has 1 aromatic carbocycles. The van der Waals surface area contributed by atoms with Crippen molar-refractivity contribution >= 4 is 17.2 Å². The predicted octanol–water partition coefficient (Wildman–Crippen LogP) is 4.43. The minimum absolute atomic E-state index is 0.242. The number of benzene rings is 1. The maximum absolute atomic E-state index is 12.2. The molecule has 0 spiro atoms. The molecule has 5 nitrogen and oxygen atoms in total. The van der Waals surface area contributed by atoms with Crippen molar-refractivity contribution in [2.24, 2.45) is 0 Å². The van der Waals surface area contributed by atoms with E-state index in [0.717, 1.165) is 17.0 Å². The van der Waals surface area contributed by atoms with Gasteiger partial charge in [0, 0.05) is 11.3 Å². The Bertz CT molecular complexity index is 911. The second-order valence-corrected chi connectivity index (χ2v) is 7.34. The van der Waals surface area contributed by atoms with Crippen molar-refractivity contribution in [3.8, 4) is 5.75 Å². The number of ether oxygens (including phenoxy) is 1. The summed E-state index contributed by atoms with van der Waals surface area (Å²) in [5, 5.41) is 6.05. The molecular formula is C20H20N2O3S. The number of nitrogens with zero attached hydrogens (tertiary/aromatic N) is 1. The molecule has 1 aliphatic rings. The quantitative estimate of drug-likeness (QED) is 0.670. The summed E-state index contributed by atoms with van der Waals surface area (Å²) in [4.78, 5) is 16.8. The fourth-order valence-electron chi connectivity index (χ4n) is 2.62. The van der Waals surface area contributed by atoms with E-state index in [0.29, 0.717) is 18.2 Å². The standard InChI is InChI=1S/C20H20N2O3S/c1-13-4-2-3-5-17(13)24-11-16-8-9-18(25-16)19(23)21-10-15-12-26-20(22-15)14-6-7-14/h2-5,8-9,12,14H,6-7,10-11H2,1H3,(H,21,23). The summed E-state index contributed by atoms with van der Waals surface area (Å²) in [5.41, 5.74) is 1.96. The monoisotopic (exact) mass is 368 g/mol. The van der Waals surface area contributed by atoms with Gasteiger partial charge in [-0.1, -0.05) is 18.2 Å². The lowest BCUT2D eigenvalue weighted by molar-refractivity contribution is 0.0918. The molecule has 1 saturated carbocycles. The van der Waals surface area contributed by atoms with E-state index in [1.807, 2.05) is 36.6 Å². The van der Waals surface area contributed by atoms with Crippen LogP contribution in [0.4, 0.5) is 0 Å². The zero-order chi connectivity index (χ0) is 17.9. The van der Waals surface area contributed by atoms with Gasteiger partial charge < -0.3 is 14.5 Å². The van der Waals surface area contributed by atoms with Gasteiger partial charge in [0.05, 0.1) is 17.2 Å². The largest absolute Gasteiger partial charge is 0.485 e. The van der Waals surface area contributed by atoms with Crippen LogP contribution in [0.3, 0.4) is 0 Å². The van der Waals surface area contributed by atoms with Crippen LogP contribution in [0, 0.1) is 6.92 Å². The Kier molecular flexibility index (Phi) is 4.75. The average molecular weight is 368 g/mol. The van der Waals surface area contributed by atoms with E-state index in [-0.39, 0.29) is 18.3 Å². The average Bonchev–Trinajstić information content (AvgIpc) is 3.20. The van der Waals surface area contributed by atoms with E-state index in [2.05, 4.69) is 10.3 Å². The Labute approximate surface area is 156 Å². The number of aromatic nitrogens is 1. The van der Waals surface area contributed by atoms with Gasteiger partial charge in [0.15, 0.2) is 5.76 Å². The van der Waals surface area contributed by atoms with Gasteiger partial charge in [0.1, 0.15) is 18.1 Å². The molecule has 1 aliphatic carbocycles. The van der Waals surface area contributed by atoms with Gasteiger partial charge in [-0.25, -0.2) is 4.98 Å². The maximum Gasteiger partial charge on any atom is 0.287 e. The number of hydrogen-bond acceptors (Lipinski definition) is 5. The first kappa shape index (κ1) is 16.8. The summed E-state index contributed by atoms with van der Waals surface area (Å²) in [6.07, 6.45) is 2.47. The van der Waals surface area contributed by atoms with Crippen LogP contribution >= 0.6 is 11.3 Å². The molecule has 4 rings (SSSR count). The third-order valence-electron chi connectivity index (χ3n) is 4.28. The van der Waals surface area contributed by atoms with Crippen LogP contribution in [0.25, 0.3) is 0 Å². The van der Waals surface area contributed by atoms with Gasteiger partial charge in [-0.15, -0.1) is 11.3 Å². The topological polar surface area (TPSA) is 64.4 Å². The van der Waals surface area contributed by atoms with Crippen molar-refractivity contribution < 1.29 is 13.9 Å². The molecule has 26 heavy (non-hydrogen) atoms.